The van der Waals surface area contributed by atoms with E-state index in [1.165, 1.54) is 12.1 Å². The molecule has 0 atom stereocenters. The smallest absolute Gasteiger partial charge is 0.342 e. The fourth-order valence-electron chi connectivity index (χ4n) is 0.990. The highest BCUT2D eigenvalue weighted by molar-refractivity contribution is 7.92. The third-order valence-electron chi connectivity index (χ3n) is 1.88. The molecule has 0 N–H and O–H groups in total. The van der Waals surface area contributed by atoms with Gasteiger partial charge in [-0.2, -0.15) is 8.42 Å². The highest BCUT2D eigenvalue weighted by atomic mass is 32.2. The van der Waals surface area contributed by atoms with Gasteiger partial charge in [0.25, 0.3) is 0 Å². The fourth-order valence-corrected chi connectivity index (χ4v) is 1.88. The minimum absolute atomic E-state index is 0.0796. The van der Waals surface area contributed by atoms with E-state index in [4.69, 9.17) is 4.18 Å². The van der Waals surface area contributed by atoms with Gasteiger partial charge in [0.1, 0.15) is 10.7 Å². The maximum absolute atomic E-state index is 11.6. The van der Waals surface area contributed by atoms with Crippen molar-refractivity contribution in [2.45, 2.75) is 13.3 Å². The van der Waals surface area contributed by atoms with Crippen molar-refractivity contribution in [2.24, 2.45) is 0 Å². The number of hydrogen-bond acceptors (Lipinski definition) is 4. The van der Waals surface area contributed by atoms with Crippen LogP contribution in [0.4, 0.5) is 0 Å². The highest BCUT2D eigenvalue weighted by Crippen LogP contribution is 2.16. The van der Waals surface area contributed by atoms with Gasteiger partial charge in [-0.1, -0.05) is 31.7 Å². The monoisotopic (exact) mass is 240 g/mol. The molecule has 0 aromatic heterocycles. The van der Waals surface area contributed by atoms with Crippen LogP contribution < -0.4 is 4.18 Å². The van der Waals surface area contributed by atoms with E-state index in [1.807, 2.05) is 0 Å². The maximum atomic E-state index is 11.6. The molecule has 0 aliphatic heterocycles. The van der Waals surface area contributed by atoms with Gasteiger partial charge in [0.2, 0.25) is 0 Å². The van der Waals surface area contributed by atoms with Crippen LogP contribution in [0.3, 0.4) is 0 Å². The lowest BCUT2D eigenvalue weighted by atomic mass is 10.3. The van der Waals surface area contributed by atoms with Gasteiger partial charge in [0, 0.05) is 6.42 Å². The molecule has 5 heteroatoms. The van der Waals surface area contributed by atoms with Gasteiger partial charge in [-0.15, -0.1) is 0 Å². The third kappa shape index (κ3) is 2.93. The van der Waals surface area contributed by atoms with E-state index in [-0.39, 0.29) is 12.2 Å². The molecule has 0 fully saturated rings. The lowest BCUT2D eigenvalue weighted by Gasteiger charge is -2.07. The van der Waals surface area contributed by atoms with Gasteiger partial charge in [-0.3, -0.25) is 4.79 Å². The van der Waals surface area contributed by atoms with Crippen LogP contribution in [0.15, 0.2) is 41.8 Å². The number of benzene rings is 1. The van der Waals surface area contributed by atoms with Crippen LogP contribution >= 0.6 is 0 Å². The molecule has 4 nitrogen and oxygen atoms in total. The minimum atomic E-state index is -4.07. The Kier molecular flexibility index (Phi) is 3.84. The molecule has 1 aromatic carbocycles. The van der Waals surface area contributed by atoms with E-state index < -0.39 is 20.8 Å². The average Bonchev–Trinajstić information content (AvgIpc) is 2.27. The van der Waals surface area contributed by atoms with Gasteiger partial charge in [-0.05, 0) is 12.1 Å². The predicted molar refractivity (Wildman–Crippen MR) is 60.4 cm³/mol. The van der Waals surface area contributed by atoms with Gasteiger partial charge >= 0.3 is 10.1 Å². The number of rotatable bonds is 5. The maximum Gasteiger partial charge on any atom is 0.342 e. The molecule has 0 aliphatic carbocycles. The predicted octanol–water partition coefficient (Wildman–Crippen LogP) is 1.89. The van der Waals surface area contributed by atoms with Gasteiger partial charge in [0.05, 0.1) is 0 Å². The summed E-state index contributed by atoms with van der Waals surface area (Å²) in [6, 6.07) is 7.97. The summed E-state index contributed by atoms with van der Waals surface area (Å²) in [6.07, 6.45) is 0.0796. The average molecular weight is 240 g/mol. The van der Waals surface area contributed by atoms with Crippen molar-refractivity contribution in [3.8, 4) is 5.75 Å². The Morgan fingerprint density at radius 3 is 2.38 bits per heavy atom. The van der Waals surface area contributed by atoms with Crippen LogP contribution in [-0.2, 0) is 14.9 Å². The third-order valence-corrected chi connectivity index (χ3v) is 3.13. The summed E-state index contributed by atoms with van der Waals surface area (Å²) in [5, 5.41) is 0. The number of hydrogen-bond donors (Lipinski definition) is 0. The molecule has 0 saturated heterocycles. The summed E-state index contributed by atoms with van der Waals surface area (Å²) in [5.74, 6) is -0.386. The molecule has 1 rings (SSSR count). The van der Waals surface area contributed by atoms with Crippen molar-refractivity contribution in [2.75, 3.05) is 0 Å². The summed E-state index contributed by atoms with van der Waals surface area (Å²) in [4.78, 5) is 10.7. The van der Waals surface area contributed by atoms with E-state index in [2.05, 4.69) is 6.58 Å². The standard InChI is InChI=1S/C11H12O4S/c1-3-11(12)9(2)16(13,14)15-10-7-5-4-6-8-10/h4-8H,2-3H2,1H3. The number of para-hydroxylation sites is 1. The van der Waals surface area contributed by atoms with Crippen LogP contribution in [0.1, 0.15) is 13.3 Å². The highest BCUT2D eigenvalue weighted by Gasteiger charge is 2.23. The summed E-state index contributed by atoms with van der Waals surface area (Å²) < 4.78 is 27.9. The molecule has 0 amide bonds. The lowest BCUT2D eigenvalue weighted by Crippen LogP contribution is -2.17. The quantitative estimate of drug-likeness (QED) is 0.582. The first kappa shape index (κ1) is 12.4. The number of carbonyl (C=O) groups excluding carboxylic acids is 1. The second-order valence-corrected chi connectivity index (χ2v) is 4.62. The zero-order valence-electron chi connectivity index (χ0n) is 8.84. The largest absolute Gasteiger partial charge is 0.379 e. The first-order chi connectivity index (χ1) is 7.47. The van der Waals surface area contributed by atoms with Crippen molar-refractivity contribution in [3.63, 3.8) is 0 Å². The van der Waals surface area contributed by atoms with E-state index >= 15 is 0 Å². The molecule has 0 saturated carbocycles. The molecular formula is C11H12O4S. The molecule has 16 heavy (non-hydrogen) atoms. The fraction of sp³-hybridized carbons (Fsp3) is 0.182. The molecule has 1 aromatic rings. The molecule has 0 bridgehead atoms. The summed E-state index contributed by atoms with van der Waals surface area (Å²) >= 11 is 0. The Morgan fingerprint density at radius 2 is 1.88 bits per heavy atom. The zero-order valence-corrected chi connectivity index (χ0v) is 9.66. The second kappa shape index (κ2) is 4.94. The first-order valence-electron chi connectivity index (χ1n) is 4.69. The van der Waals surface area contributed by atoms with E-state index in [0.717, 1.165) is 0 Å². The minimum Gasteiger partial charge on any atom is -0.379 e. The first-order valence-corrected chi connectivity index (χ1v) is 6.10. The Morgan fingerprint density at radius 1 is 1.31 bits per heavy atom. The van der Waals surface area contributed by atoms with Crippen molar-refractivity contribution in [3.05, 3.63) is 41.8 Å². The summed E-state index contributed by atoms with van der Waals surface area (Å²) in [7, 11) is -4.07. The topological polar surface area (TPSA) is 60.4 Å². The molecule has 0 heterocycles. The Labute approximate surface area is 94.7 Å². The van der Waals surface area contributed by atoms with E-state index in [1.54, 1.807) is 25.1 Å². The summed E-state index contributed by atoms with van der Waals surface area (Å²) in [6.45, 7) is 4.79. The van der Waals surface area contributed by atoms with Crippen LogP contribution in [0.5, 0.6) is 5.75 Å². The SMILES string of the molecule is C=C(C(=O)CC)S(=O)(=O)Oc1ccccc1. The van der Waals surface area contributed by atoms with Gasteiger partial charge < -0.3 is 4.18 Å². The van der Waals surface area contributed by atoms with Crippen LogP contribution in [0.2, 0.25) is 0 Å². The molecule has 0 aliphatic rings. The molecule has 0 radical (unpaired) electrons. The van der Waals surface area contributed by atoms with Crippen molar-refractivity contribution in [1.29, 1.82) is 0 Å². The Balaban J connectivity index is 2.89. The number of carbonyl (C=O) groups is 1. The lowest BCUT2D eigenvalue weighted by molar-refractivity contribution is -0.114. The Hall–Kier alpha value is -1.62. The normalized spacial score (nSPS) is 10.8. The van der Waals surface area contributed by atoms with Gasteiger partial charge in [-0.25, -0.2) is 0 Å². The van der Waals surface area contributed by atoms with E-state index in [0.29, 0.717) is 0 Å². The van der Waals surface area contributed by atoms with Crippen molar-refractivity contribution < 1.29 is 17.4 Å². The summed E-state index contributed by atoms with van der Waals surface area (Å²) in [5.41, 5.74) is 0. The van der Waals surface area contributed by atoms with Crippen molar-refractivity contribution >= 4 is 15.9 Å². The second-order valence-electron chi connectivity index (χ2n) is 3.05. The van der Waals surface area contributed by atoms with E-state index in [9.17, 15) is 13.2 Å². The van der Waals surface area contributed by atoms with Crippen LogP contribution in [-0.4, -0.2) is 14.2 Å². The Bertz CT molecular complexity index is 488. The van der Waals surface area contributed by atoms with Gasteiger partial charge in [0.15, 0.2) is 5.78 Å². The number of ketones is 1. The number of Topliss-reactive ketones (excluding diaryl/α,β-unsaturated/α-hetero) is 1. The van der Waals surface area contributed by atoms with Crippen LogP contribution in [0, 0.1) is 0 Å². The van der Waals surface area contributed by atoms with Crippen molar-refractivity contribution in [1.82, 2.24) is 0 Å². The zero-order chi connectivity index (χ0) is 12.2. The molecule has 0 unspecified atom stereocenters. The number of allylic oxidation sites excluding steroid dienone is 1. The molecule has 86 valence electrons. The molecule has 0 spiro atoms. The van der Waals surface area contributed by atoms with Crippen LogP contribution in [0.25, 0.3) is 0 Å². The molecular weight excluding hydrogens is 228 g/mol.